The number of aliphatic hydroxyl groups excluding tert-OH is 1. The Morgan fingerprint density at radius 1 is 1.12 bits per heavy atom. The number of aliphatic hydroxyl groups is 1. The summed E-state index contributed by atoms with van der Waals surface area (Å²) >= 11 is 0. The van der Waals surface area contributed by atoms with Crippen LogP contribution in [0.15, 0.2) is 0 Å². The third-order valence-corrected chi connectivity index (χ3v) is 2.65. The normalized spacial score (nSPS) is 13.3. The molecule has 0 saturated carbocycles. The van der Waals surface area contributed by atoms with Crippen LogP contribution in [0.5, 0.6) is 0 Å². The molecule has 16 heavy (non-hydrogen) atoms. The van der Waals surface area contributed by atoms with E-state index in [9.17, 15) is 0 Å². The quantitative estimate of drug-likeness (QED) is 0.507. The van der Waals surface area contributed by atoms with E-state index >= 15 is 0 Å². The van der Waals surface area contributed by atoms with E-state index in [1.54, 1.807) is 14.2 Å². The molecule has 2 N–H and O–H groups in total. The largest absolute Gasteiger partial charge is 0.395 e. The third-order valence-electron chi connectivity index (χ3n) is 2.65. The molecule has 5 heteroatoms. The van der Waals surface area contributed by atoms with Crippen molar-refractivity contribution in [3.8, 4) is 0 Å². The third kappa shape index (κ3) is 8.01. The van der Waals surface area contributed by atoms with Crippen LogP contribution in [0.2, 0.25) is 0 Å². The first kappa shape index (κ1) is 15.8. The molecule has 0 aliphatic carbocycles. The highest BCUT2D eigenvalue weighted by molar-refractivity contribution is 4.66. The molecule has 0 rings (SSSR count). The summed E-state index contributed by atoms with van der Waals surface area (Å²) in [5.74, 6) is 0. The van der Waals surface area contributed by atoms with Crippen molar-refractivity contribution in [3.63, 3.8) is 0 Å². The van der Waals surface area contributed by atoms with Gasteiger partial charge in [0.05, 0.1) is 19.8 Å². The predicted molar refractivity (Wildman–Crippen MR) is 64.7 cm³/mol. The topological polar surface area (TPSA) is 54.0 Å². The summed E-state index contributed by atoms with van der Waals surface area (Å²) in [5, 5.41) is 12.1. The number of methoxy groups -OCH3 is 2. The lowest BCUT2D eigenvalue weighted by molar-refractivity contribution is 0.109. The number of hydrogen-bond donors (Lipinski definition) is 2. The van der Waals surface area contributed by atoms with Crippen LogP contribution in [0, 0.1) is 0 Å². The number of nitrogens with zero attached hydrogens (tertiary/aromatic N) is 1. The van der Waals surface area contributed by atoms with Gasteiger partial charge in [0.15, 0.2) is 0 Å². The molecule has 0 bridgehead atoms. The Morgan fingerprint density at radius 2 is 1.69 bits per heavy atom. The second kappa shape index (κ2) is 11.3. The Morgan fingerprint density at radius 3 is 2.06 bits per heavy atom. The first-order valence-corrected chi connectivity index (χ1v) is 5.76. The minimum absolute atomic E-state index is 0.174. The van der Waals surface area contributed by atoms with E-state index in [2.05, 4.69) is 10.2 Å². The molecule has 0 heterocycles. The van der Waals surface area contributed by atoms with E-state index in [1.165, 1.54) is 0 Å². The number of rotatable bonds is 11. The molecule has 0 aromatic carbocycles. The van der Waals surface area contributed by atoms with Gasteiger partial charge in [0.25, 0.3) is 0 Å². The molecular formula is C11H26N2O3. The molecule has 0 saturated heterocycles. The van der Waals surface area contributed by atoms with Gasteiger partial charge in [-0.1, -0.05) is 0 Å². The fraction of sp³-hybridized carbons (Fsp3) is 1.00. The average molecular weight is 234 g/mol. The summed E-state index contributed by atoms with van der Waals surface area (Å²) in [6.45, 7) is 4.39. The maximum atomic E-state index is 9.06. The van der Waals surface area contributed by atoms with Gasteiger partial charge in [-0.3, -0.25) is 4.90 Å². The van der Waals surface area contributed by atoms with Gasteiger partial charge < -0.3 is 19.9 Å². The number of ether oxygens (including phenoxy) is 2. The minimum atomic E-state index is 0.174. The van der Waals surface area contributed by atoms with E-state index in [0.29, 0.717) is 0 Å². The van der Waals surface area contributed by atoms with Gasteiger partial charge in [-0.2, -0.15) is 0 Å². The Hall–Kier alpha value is -0.200. The summed E-state index contributed by atoms with van der Waals surface area (Å²) in [4.78, 5) is 2.28. The van der Waals surface area contributed by atoms with Crippen LogP contribution in [-0.2, 0) is 9.47 Å². The second-order valence-electron chi connectivity index (χ2n) is 3.78. The van der Waals surface area contributed by atoms with Gasteiger partial charge in [-0.15, -0.1) is 0 Å². The maximum absolute atomic E-state index is 9.06. The van der Waals surface area contributed by atoms with Crippen molar-refractivity contribution < 1.29 is 14.6 Å². The molecule has 0 aromatic heterocycles. The van der Waals surface area contributed by atoms with Gasteiger partial charge in [0, 0.05) is 33.4 Å². The summed E-state index contributed by atoms with van der Waals surface area (Å²) in [6, 6.07) is 0.174. The summed E-state index contributed by atoms with van der Waals surface area (Å²) in [6.07, 6.45) is 0.931. The standard InChI is InChI=1S/C11H26N2O3/c1-12-11(10-14)4-5-13(6-8-15-2)7-9-16-3/h11-12,14H,4-10H2,1-3H3. The zero-order chi connectivity index (χ0) is 12.2. The van der Waals surface area contributed by atoms with Gasteiger partial charge in [0.2, 0.25) is 0 Å². The van der Waals surface area contributed by atoms with Crippen LogP contribution < -0.4 is 5.32 Å². The average Bonchev–Trinajstić information content (AvgIpc) is 2.32. The smallest absolute Gasteiger partial charge is 0.0589 e. The van der Waals surface area contributed by atoms with E-state index in [-0.39, 0.29) is 12.6 Å². The number of nitrogens with one attached hydrogen (secondary N) is 1. The zero-order valence-electron chi connectivity index (χ0n) is 10.7. The Bertz CT molecular complexity index is 135. The lowest BCUT2D eigenvalue weighted by atomic mass is 10.2. The minimum Gasteiger partial charge on any atom is -0.395 e. The molecule has 1 atom stereocenters. The number of likely N-dealkylation sites (N-methyl/N-ethyl adjacent to an activating group) is 1. The molecule has 0 radical (unpaired) electrons. The fourth-order valence-electron chi connectivity index (χ4n) is 1.44. The van der Waals surface area contributed by atoms with Crippen molar-refractivity contribution in [2.75, 3.05) is 60.7 Å². The lowest BCUT2D eigenvalue weighted by Gasteiger charge is -2.23. The highest BCUT2D eigenvalue weighted by atomic mass is 16.5. The Labute approximate surface area is 98.7 Å². The summed E-state index contributed by atoms with van der Waals surface area (Å²) < 4.78 is 10.1. The van der Waals surface area contributed by atoms with E-state index < -0.39 is 0 Å². The first-order chi connectivity index (χ1) is 7.78. The SMILES string of the molecule is CNC(CO)CCN(CCOC)CCOC. The molecule has 0 aliphatic rings. The summed E-state index contributed by atoms with van der Waals surface area (Å²) in [5.41, 5.74) is 0. The van der Waals surface area contributed by atoms with Crippen LogP contribution in [0.1, 0.15) is 6.42 Å². The monoisotopic (exact) mass is 234 g/mol. The number of hydrogen-bond acceptors (Lipinski definition) is 5. The molecule has 0 fully saturated rings. The van der Waals surface area contributed by atoms with Crippen LogP contribution in [-0.4, -0.2) is 76.8 Å². The van der Waals surface area contributed by atoms with Crippen molar-refractivity contribution in [1.29, 1.82) is 0 Å². The molecule has 0 aromatic rings. The summed E-state index contributed by atoms with van der Waals surface area (Å²) in [7, 11) is 5.28. The highest BCUT2D eigenvalue weighted by Crippen LogP contribution is 1.96. The highest BCUT2D eigenvalue weighted by Gasteiger charge is 2.09. The second-order valence-corrected chi connectivity index (χ2v) is 3.78. The van der Waals surface area contributed by atoms with Gasteiger partial charge in [0.1, 0.15) is 0 Å². The Balaban J connectivity index is 3.79. The molecule has 0 aliphatic heterocycles. The zero-order valence-corrected chi connectivity index (χ0v) is 10.7. The molecule has 5 nitrogen and oxygen atoms in total. The van der Waals surface area contributed by atoms with Crippen molar-refractivity contribution in [1.82, 2.24) is 10.2 Å². The van der Waals surface area contributed by atoms with E-state index in [4.69, 9.17) is 14.6 Å². The van der Waals surface area contributed by atoms with Crippen molar-refractivity contribution >= 4 is 0 Å². The van der Waals surface area contributed by atoms with E-state index in [0.717, 1.165) is 39.3 Å². The van der Waals surface area contributed by atoms with Crippen LogP contribution >= 0.6 is 0 Å². The molecule has 98 valence electrons. The van der Waals surface area contributed by atoms with Crippen LogP contribution in [0.4, 0.5) is 0 Å². The fourth-order valence-corrected chi connectivity index (χ4v) is 1.44. The predicted octanol–water partition coefficient (Wildman–Crippen LogP) is -0.448. The van der Waals surface area contributed by atoms with Crippen LogP contribution in [0.25, 0.3) is 0 Å². The maximum Gasteiger partial charge on any atom is 0.0589 e. The van der Waals surface area contributed by atoms with Gasteiger partial charge in [-0.05, 0) is 20.0 Å². The molecule has 0 spiro atoms. The molecule has 1 unspecified atom stereocenters. The molecular weight excluding hydrogens is 208 g/mol. The molecule has 0 amide bonds. The van der Waals surface area contributed by atoms with Gasteiger partial charge in [-0.25, -0.2) is 0 Å². The van der Waals surface area contributed by atoms with Crippen LogP contribution in [0.3, 0.4) is 0 Å². The lowest BCUT2D eigenvalue weighted by Crippen LogP contribution is -2.37. The van der Waals surface area contributed by atoms with Gasteiger partial charge >= 0.3 is 0 Å². The Kier molecular flexibility index (Phi) is 11.1. The van der Waals surface area contributed by atoms with Crippen molar-refractivity contribution in [2.45, 2.75) is 12.5 Å². The first-order valence-electron chi connectivity index (χ1n) is 5.76. The van der Waals surface area contributed by atoms with Crippen molar-refractivity contribution in [3.05, 3.63) is 0 Å². The van der Waals surface area contributed by atoms with Crippen molar-refractivity contribution in [2.24, 2.45) is 0 Å². The van der Waals surface area contributed by atoms with E-state index in [1.807, 2.05) is 7.05 Å².